The maximum Gasteiger partial charge on any atom is 0.163 e. The second kappa shape index (κ2) is 4.89. The molecule has 3 atom stereocenters. The van der Waals surface area contributed by atoms with E-state index in [1.807, 2.05) is 13.8 Å². The van der Waals surface area contributed by atoms with E-state index in [1.54, 1.807) is 0 Å². The van der Waals surface area contributed by atoms with Crippen molar-refractivity contribution in [3.63, 3.8) is 0 Å². The summed E-state index contributed by atoms with van der Waals surface area (Å²) in [4.78, 5) is 2.48. The molecule has 0 aliphatic carbocycles. The van der Waals surface area contributed by atoms with Crippen molar-refractivity contribution in [1.82, 2.24) is 4.90 Å². The Balaban J connectivity index is 1.67. The number of nitrogens with zero attached hydrogens (tertiary/aromatic N) is 1. The molecule has 104 valence electrons. The lowest BCUT2D eigenvalue weighted by Gasteiger charge is -2.37. The fraction of sp³-hybridized carbons (Fsp3) is 0.625. The zero-order valence-corrected chi connectivity index (χ0v) is 12.0. The maximum absolute atomic E-state index is 6.03. The molecule has 19 heavy (non-hydrogen) atoms. The molecule has 0 N–H and O–H groups in total. The molecular weight excluding hydrogens is 238 g/mol. The first-order valence-electron chi connectivity index (χ1n) is 7.15. The molecule has 3 rings (SSSR count). The zero-order valence-electron chi connectivity index (χ0n) is 12.0. The molecule has 0 spiro atoms. The number of benzene rings is 1. The highest BCUT2D eigenvalue weighted by molar-refractivity contribution is 5.14. The van der Waals surface area contributed by atoms with Crippen LogP contribution in [0.4, 0.5) is 0 Å². The average molecular weight is 261 g/mol. The molecule has 0 bridgehead atoms. The summed E-state index contributed by atoms with van der Waals surface area (Å²) in [5.41, 5.74) is 1.37. The van der Waals surface area contributed by atoms with Gasteiger partial charge in [-0.1, -0.05) is 37.3 Å². The highest BCUT2D eigenvalue weighted by Gasteiger charge is 2.47. The van der Waals surface area contributed by atoms with Gasteiger partial charge in [0.05, 0.1) is 6.10 Å². The van der Waals surface area contributed by atoms with Gasteiger partial charge in [0, 0.05) is 19.6 Å². The Morgan fingerprint density at radius 1 is 1.16 bits per heavy atom. The van der Waals surface area contributed by atoms with Gasteiger partial charge in [-0.25, -0.2) is 0 Å². The van der Waals surface area contributed by atoms with E-state index in [1.165, 1.54) is 5.56 Å². The van der Waals surface area contributed by atoms with Gasteiger partial charge in [0.2, 0.25) is 0 Å². The van der Waals surface area contributed by atoms with Crippen LogP contribution in [0.5, 0.6) is 0 Å². The number of fused-ring (bicyclic) bond motifs is 1. The molecule has 1 aromatic carbocycles. The Bertz CT molecular complexity index is 432. The third-order valence-electron chi connectivity index (χ3n) is 4.02. The molecule has 2 saturated heterocycles. The van der Waals surface area contributed by atoms with Crippen molar-refractivity contribution in [2.75, 3.05) is 13.1 Å². The van der Waals surface area contributed by atoms with Gasteiger partial charge < -0.3 is 9.47 Å². The number of piperidine rings is 1. The van der Waals surface area contributed by atoms with Gasteiger partial charge in [-0.3, -0.25) is 4.90 Å². The van der Waals surface area contributed by atoms with Gasteiger partial charge in [0.25, 0.3) is 0 Å². The molecule has 2 aliphatic rings. The first kappa shape index (κ1) is 13.1. The van der Waals surface area contributed by atoms with E-state index in [9.17, 15) is 0 Å². The summed E-state index contributed by atoms with van der Waals surface area (Å²) >= 11 is 0. The van der Waals surface area contributed by atoms with Crippen molar-refractivity contribution >= 4 is 0 Å². The Kier molecular flexibility index (Phi) is 3.37. The quantitative estimate of drug-likeness (QED) is 0.817. The summed E-state index contributed by atoms with van der Waals surface area (Å²) in [5.74, 6) is 0.0936. The summed E-state index contributed by atoms with van der Waals surface area (Å²) in [6, 6.07) is 10.6. The molecule has 0 unspecified atom stereocenters. The van der Waals surface area contributed by atoms with E-state index < -0.39 is 5.79 Å². The predicted molar refractivity (Wildman–Crippen MR) is 74.7 cm³/mol. The lowest BCUT2D eigenvalue weighted by Crippen LogP contribution is -2.49. The van der Waals surface area contributed by atoms with Crippen LogP contribution < -0.4 is 0 Å². The number of hydrogen-bond donors (Lipinski definition) is 0. The summed E-state index contributed by atoms with van der Waals surface area (Å²) in [5, 5.41) is 0. The molecule has 2 heterocycles. The maximum atomic E-state index is 6.03. The lowest BCUT2D eigenvalue weighted by molar-refractivity contribution is -0.147. The van der Waals surface area contributed by atoms with Gasteiger partial charge in [-0.15, -0.1) is 0 Å². The van der Waals surface area contributed by atoms with Crippen LogP contribution in [-0.4, -0.2) is 36.0 Å². The van der Waals surface area contributed by atoms with E-state index in [0.29, 0.717) is 5.92 Å². The molecule has 1 aromatic rings. The predicted octanol–water partition coefficient (Wildman–Crippen LogP) is 2.66. The van der Waals surface area contributed by atoms with Crippen molar-refractivity contribution in [3.05, 3.63) is 35.9 Å². The lowest BCUT2D eigenvalue weighted by atomic mass is 9.94. The highest BCUT2D eigenvalue weighted by Crippen LogP contribution is 2.35. The van der Waals surface area contributed by atoms with E-state index in [2.05, 4.69) is 42.2 Å². The van der Waals surface area contributed by atoms with Crippen molar-refractivity contribution in [3.8, 4) is 0 Å². The Labute approximate surface area is 115 Å². The largest absolute Gasteiger partial charge is 0.344 e. The molecule has 2 fully saturated rings. The molecular formula is C16H23NO2. The van der Waals surface area contributed by atoms with Gasteiger partial charge in [-0.2, -0.15) is 0 Å². The normalized spacial score (nSPS) is 34.2. The molecule has 0 radical (unpaired) electrons. The Morgan fingerprint density at radius 3 is 2.63 bits per heavy atom. The highest BCUT2D eigenvalue weighted by atomic mass is 16.8. The number of rotatable bonds is 2. The van der Waals surface area contributed by atoms with Crippen molar-refractivity contribution < 1.29 is 9.47 Å². The molecule has 2 aliphatic heterocycles. The summed E-state index contributed by atoms with van der Waals surface area (Å²) in [6.45, 7) is 9.33. The molecule has 0 amide bonds. The first-order valence-corrected chi connectivity index (χ1v) is 7.15. The fourth-order valence-electron chi connectivity index (χ4n) is 3.30. The second-order valence-corrected chi connectivity index (χ2v) is 6.30. The van der Waals surface area contributed by atoms with Crippen LogP contribution >= 0.6 is 0 Å². The third kappa shape index (κ3) is 2.83. The summed E-state index contributed by atoms with van der Waals surface area (Å²) < 4.78 is 12.0. The molecule has 3 heteroatoms. The minimum absolute atomic E-state index is 0.211. The van der Waals surface area contributed by atoms with Crippen LogP contribution in [0.2, 0.25) is 0 Å². The molecule has 0 saturated carbocycles. The van der Waals surface area contributed by atoms with Gasteiger partial charge in [0.15, 0.2) is 5.79 Å². The number of hydrogen-bond acceptors (Lipinski definition) is 3. The van der Waals surface area contributed by atoms with Gasteiger partial charge >= 0.3 is 0 Å². The summed E-state index contributed by atoms with van der Waals surface area (Å²) in [7, 11) is 0. The third-order valence-corrected chi connectivity index (χ3v) is 4.02. The number of ether oxygens (including phenoxy) is 2. The van der Waals surface area contributed by atoms with E-state index in [4.69, 9.17) is 9.47 Å². The van der Waals surface area contributed by atoms with Gasteiger partial charge in [-0.05, 0) is 25.3 Å². The average Bonchev–Trinajstić information content (AvgIpc) is 2.65. The van der Waals surface area contributed by atoms with Crippen LogP contribution in [0.25, 0.3) is 0 Å². The first-order chi connectivity index (χ1) is 9.03. The monoisotopic (exact) mass is 261 g/mol. The van der Waals surface area contributed by atoms with Crippen LogP contribution in [0.3, 0.4) is 0 Å². The second-order valence-electron chi connectivity index (χ2n) is 6.30. The SMILES string of the molecule is C[C@@H]1CN(Cc2ccccc2)C[C@H]2OC(C)(C)O[C@H]12. The van der Waals surface area contributed by atoms with Crippen LogP contribution in [-0.2, 0) is 16.0 Å². The topological polar surface area (TPSA) is 21.7 Å². The molecule has 3 nitrogen and oxygen atoms in total. The Morgan fingerprint density at radius 2 is 1.89 bits per heavy atom. The van der Waals surface area contributed by atoms with Crippen LogP contribution in [0.15, 0.2) is 30.3 Å². The van der Waals surface area contributed by atoms with Gasteiger partial charge in [0.1, 0.15) is 6.10 Å². The summed E-state index contributed by atoms with van der Waals surface area (Å²) in [6.07, 6.45) is 0.462. The van der Waals surface area contributed by atoms with E-state index in [0.717, 1.165) is 19.6 Å². The zero-order chi connectivity index (χ0) is 13.5. The Hall–Kier alpha value is -0.900. The van der Waals surface area contributed by atoms with Crippen molar-refractivity contribution in [2.45, 2.75) is 45.3 Å². The minimum Gasteiger partial charge on any atom is -0.344 e. The van der Waals surface area contributed by atoms with Crippen LogP contribution in [0.1, 0.15) is 26.3 Å². The smallest absolute Gasteiger partial charge is 0.163 e. The number of likely N-dealkylation sites (tertiary alicyclic amines) is 1. The van der Waals surface area contributed by atoms with E-state index >= 15 is 0 Å². The van der Waals surface area contributed by atoms with Crippen LogP contribution in [0, 0.1) is 5.92 Å². The van der Waals surface area contributed by atoms with Crippen molar-refractivity contribution in [1.29, 1.82) is 0 Å². The van der Waals surface area contributed by atoms with Crippen molar-refractivity contribution in [2.24, 2.45) is 5.92 Å². The molecule has 0 aromatic heterocycles. The van der Waals surface area contributed by atoms with E-state index in [-0.39, 0.29) is 12.2 Å². The standard InChI is InChI=1S/C16H23NO2/c1-12-9-17(10-13-7-5-4-6-8-13)11-14-15(12)19-16(2,3)18-14/h4-8,12,14-15H,9-11H2,1-3H3/t12-,14-,15-/m1/s1. The fourth-order valence-corrected chi connectivity index (χ4v) is 3.30. The minimum atomic E-state index is -0.424.